The van der Waals surface area contributed by atoms with Crippen molar-refractivity contribution in [3.63, 3.8) is 0 Å². The van der Waals surface area contributed by atoms with Crippen LogP contribution in [0.2, 0.25) is 0 Å². The van der Waals surface area contributed by atoms with E-state index in [4.69, 9.17) is 12.2 Å². The molecular weight excluding hydrogens is 295 g/mol. The molecule has 1 unspecified atom stereocenters. The maximum atomic E-state index is 12.7. The quantitative estimate of drug-likeness (QED) is 0.436. The summed E-state index contributed by atoms with van der Waals surface area (Å²) < 4.78 is 0. The molecule has 1 atom stereocenters. The third-order valence-electron chi connectivity index (χ3n) is 3.82. The molecule has 0 aromatic heterocycles. The van der Waals surface area contributed by atoms with Gasteiger partial charge in [0.15, 0.2) is 5.11 Å². The number of nitrogens with zero attached hydrogens (tertiary/aromatic N) is 1. The number of carbonyl (C=O) groups is 2. The van der Waals surface area contributed by atoms with E-state index in [1.165, 1.54) is 4.90 Å². The number of amides is 2. The van der Waals surface area contributed by atoms with E-state index in [2.05, 4.69) is 5.32 Å². The molecule has 0 saturated carbocycles. The Morgan fingerprint density at radius 2 is 1.81 bits per heavy atom. The Morgan fingerprint density at radius 1 is 1.19 bits per heavy atom. The maximum Gasteiger partial charge on any atom is 1.00 e. The third-order valence-corrected chi connectivity index (χ3v) is 4.15. The molecule has 0 aliphatic carbocycles. The summed E-state index contributed by atoms with van der Waals surface area (Å²) in [5.74, 6) is -0.483. The summed E-state index contributed by atoms with van der Waals surface area (Å²) >= 11 is 5.07. The number of rotatable bonds is 4. The van der Waals surface area contributed by atoms with Gasteiger partial charge in [-0.05, 0) is 37.5 Å². The van der Waals surface area contributed by atoms with Crippen molar-refractivity contribution >= 4 is 29.1 Å². The predicted octanol–water partition coefficient (Wildman–Crippen LogP) is -1.11. The zero-order valence-electron chi connectivity index (χ0n) is 12.7. The number of carbonyl (C=O) groups excluding carboxylic acids is 2. The predicted molar refractivity (Wildman–Crippen MR) is 81.0 cm³/mol. The Kier molecular flexibility index (Phi) is 6.53. The van der Waals surface area contributed by atoms with Gasteiger partial charge in [-0.25, -0.2) is 0 Å². The van der Waals surface area contributed by atoms with Gasteiger partial charge in [-0.2, -0.15) is 0 Å². The van der Waals surface area contributed by atoms with Gasteiger partial charge in [0.25, 0.3) is 0 Å². The van der Waals surface area contributed by atoms with Crippen molar-refractivity contribution in [2.24, 2.45) is 5.41 Å². The number of nitrogens with one attached hydrogen (secondary N) is 1. The van der Waals surface area contributed by atoms with E-state index < -0.39 is 5.41 Å². The molecule has 1 aromatic rings. The van der Waals surface area contributed by atoms with Crippen LogP contribution in [0.1, 0.15) is 25.8 Å². The second-order valence-electron chi connectivity index (χ2n) is 4.91. The van der Waals surface area contributed by atoms with E-state index in [1.807, 2.05) is 44.2 Å². The summed E-state index contributed by atoms with van der Waals surface area (Å²) in [7, 11) is 0. The first kappa shape index (κ1) is 18.3. The molecule has 0 spiro atoms. The zero-order chi connectivity index (χ0) is 14.8. The minimum Gasteiger partial charge on any atom is -0.302 e. The molecule has 2 amide bonds. The van der Waals surface area contributed by atoms with Gasteiger partial charge in [0, 0.05) is 6.54 Å². The topological polar surface area (TPSA) is 49.4 Å². The minimum atomic E-state index is -1.06. The normalized spacial score (nSPS) is 21.8. The van der Waals surface area contributed by atoms with E-state index in [0.717, 1.165) is 5.56 Å². The fourth-order valence-electron chi connectivity index (χ4n) is 2.56. The first-order valence-electron chi connectivity index (χ1n) is 6.76. The molecule has 0 radical (unpaired) electrons. The summed E-state index contributed by atoms with van der Waals surface area (Å²) in [5, 5.41) is 2.88. The molecule has 6 heteroatoms. The molecule has 1 aliphatic heterocycles. The summed E-state index contributed by atoms with van der Waals surface area (Å²) in [4.78, 5) is 26.6. The van der Waals surface area contributed by atoms with Gasteiger partial charge >= 0.3 is 29.6 Å². The Bertz CT molecular complexity index is 550. The fourth-order valence-corrected chi connectivity index (χ4v) is 2.86. The van der Waals surface area contributed by atoms with Crippen LogP contribution in [0.15, 0.2) is 30.3 Å². The average molecular weight is 313 g/mol. The van der Waals surface area contributed by atoms with Crippen LogP contribution in [0.5, 0.6) is 0 Å². The molecule has 2 rings (SSSR count). The standard InChI is InChI=1S/C15H18N2O2S.Na/c1-3-15(10-11-8-6-5-7-9-11)12(18)16-14(20)17(4-2)13(15)19;/h5-9H,3-4,10H2,1-2H3,(H,16,18,20);/q;+1. The Hall–Kier alpha value is -0.750. The molecule has 0 bridgehead atoms. The van der Waals surface area contributed by atoms with Gasteiger partial charge in [0.1, 0.15) is 5.41 Å². The number of hydrogen-bond acceptors (Lipinski definition) is 3. The molecule has 21 heavy (non-hydrogen) atoms. The molecule has 1 heterocycles. The monoisotopic (exact) mass is 313 g/mol. The Morgan fingerprint density at radius 3 is 2.33 bits per heavy atom. The van der Waals surface area contributed by atoms with Crippen molar-refractivity contribution in [3.05, 3.63) is 35.9 Å². The van der Waals surface area contributed by atoms with Crippen molar-refractivity contribution in [1.29, 1.82) is 0 Å². The van der Waals surface area contributed by atoms with E-state index in [1.54, 1.807) is 0 Å². The Labute approximate surface area is 152 Å². The zero-order valence-corrected chi connectivity index (χ0v) is 15.5. The second kappa shape index (κ2) is 7.49. The molecule has 1 aliphatic rings. The fraction of sp³-hybridized carbons (Fsp3) is 0.400. The van der Waals surface area contributed by atoms with Gasteiger partial charge < -0.3 is 5.32 Å². The van der Waals surface area contributed by atoms with E-state index in [0.29, 0.717) is 19.4 Å². The van der Waals surface area contributed by atoms with Crippen molar-refractivity contribution in [3.8, 4) is 0 Å². The summed E-state index contributed by atoms with van der Waals surface area (Å²) in [5.41, 5.74) is -0.0821. The van der Waals surface area contributed by atoms with Crippen LogP contribution in [0.3, 0.4) is 0 Å². The first-order chi connectivity index (χ1) is 9.55. The van der Waals surface area contributed by atoms with Crippen LogP contribution in [-0.2, 0) is 16.0 Å². The SMILES string of the molecule is CCN1C(=O)C(CC)(Cc2ccccc2)C(=O)NC1=S.[Na+]. The van der Waals surface area contributed by atoms with Gasteiger partial charge in [-0.1, -0.05) is 37.3 Å². The van der Waals surface area contributed by atoms with E-state index >= 15 is 0 Å². The smallest absolute Gasteiger partial charge is 0.302 e. The first-order valence-corrected chi connectivity index (χ1v) is 7.17. The van der Waals surface area contributed by atoms with Crippen LogP contribution in [0.25, 0.3) is 0 Å². The number of hydrogen-bond donors (Lipinski definition) is 1. The van der Waals surface area contributed by atoms with Gasteiger partial charge in [-0.15, -0.1) is 0 Å². The van der Waals surface area contributed by atoms with Crippen molar-refractivity contribution in [2.45, 2.75) is 26.7 Å². The Balaban J connectivity index is 0.00000220. The molecule has 106 valence electrons. The van der Waals surface area contributed by atoms with Gasteiger partial charge in [0.05, 0.1) is 0 Å². The van der Waals surface area contributed by atoms with Crippen LogP contribution >= 0.6 is 12.2 Å². The van der Waals surface area contributed by atoms with Crippen molar-refractivity contribution in [2.75, 3.05) is 6.54 Å². The molecule has 4 nitrogen and oxygen atoms in total. The van der Waals surface area contributed by atoms with Crippen molar-refractivity contribution in [1.82, 2.24) is 10.2 Å². The van der Waals surface area contributed by atoms with Gasteiger partial charge in [0.2, 0.25) is 11.8 Å². The minimum absolute atomic E-state index is 0. The molecule has 1 saturated heterocycles. The van der Waals surface area contributed by atoms with Crippen LogP contribution in [0, 0.1) is 5.41 Å². The third kappa shape index (κ3) is 3.37. The number of thiocarbonyl (C=S) groups is 1. The van der Waals surface area contributed by atoms with Crippen LogP contribution < -0.4 is 34.9 Å². The largest absolute Gasteiger partial charge is 1.00 e. The summed E-state index contributed by atoms with van der Waals surface area (Å²) in [6.07, 6.45) is 0.847. The average Bonchev–Trinajstić information content (AvgIpc) is 2.45. The van der Waals surface area contributed by atoms with Crippen LogP contribution in [0.4, 0.5) is 0 Å². The maximum absolute atomic E-state index is 12.7. The van der Waals surface area contributed by atoms with E-state index in [9.17, 15) is 9.59 Å². The van der Waals surface area contributed by atoms with E-state index in [-0.39, 0.29) is 46.5 Å². The van der Waals surface area contributed by atoms with Gasteiger partial charge in [-0.3, -0.25) is 14.5 Å². The molecule has 1 fully saturated rings. The van der Waals surface area contributed by atoms with Crippen molar-refractivity contribution < 1.29 is 39.1 Å². The number of benzene rings is 1. The molecule has 1 aromatic carbocycles. The molecular formula is C15H18N2NaO2S+. The van der Waals surface area contributed by atoms with Crippen LogP contribution in [-0.4, -0.2) is 28.4 Å². The summed E-state index contributed by atoms with van der Waals surface area (Å²) in [6, 6.07) is 9.60. The summed E-state index contributed by atoms with van der Waals surface area (Å²) in [6.45, 7) is 4.18. The molecule has 1 N–H and O–H groups in total. The second-order valence-corrected chi connectivity index (χ2v) is 5.29.